The van der Waals surface area contributed by atoms with Crippen LogP contribution in [-0.4, -0.2) is 11.1 Å². The molecule has 4 rings (SSSR count). The van der Waals surface area contributed by atoms with Gasteiger partial charge in [-0.15, -0.1) is 0 Å². The highest BCUT2D eigenvalue weighted by atomic mass is 16.4. The van der Waals surface area contributed by atoms with Crippen molar-refractivity contribution in [1.82, 2.24) is 0 Å². The Balaban J connectivity index is 1.46. The highest BCUT2D eigenvalue weighted by Crippen LogP contribution is 2.67. The molecule has 3 unspecified atom stereocenters. The SMILES string of the molecule is CCC(CC[C@@H](C)[C@H]1CC[C@H]2C3=CCC4CCCC[C@]4(C)[C@H]3CC[C@]12C)C(C)C(=O)O. The lowest BCUT2D eigenvalue weighted by molar-refractivity contribution is -0.143. The van der Waals surface area contributed by atoms with Crippen LogP contribution in [0.4, 0.5) is 0 Å². The van der Waals surface area contributed by atoms with Gasteiger partial charge in [-0.3, -0.25) is 4.79 Å². The summed E-state index contributed by atoms with van der Waals surface area (Å²) in [5.74, 6) is 3.64. The fourth-order valence-electron chi connectivity index (χ4n) is 9.21. The molecular weight excluding hydrogens is 380 g/mol. The van der Waals surface area contributed by atoms with Crippen molar-refractivity contribution < 1.29 is 9.90 Å². The molecule has 2 heteroatoms. The molecule has 1 N–H and O–H groups in total. The molecule has 4 aliphatic rings. The summed E-state index contributed by atoms with van der Waals surface area (Å²) in [5, 5.41) is 9.46. The van der Waals surface area contributed by atoms with Crippen LogP contribution in [0.5, 0.6) is 0 Å². The Labute approximate surface area is 191 Å². The van der Waals surface area contributed by atoms with Gasteiger partial charge in [0.1, 0.15) is 0 Å². The molecule has 0 aromatic carbocycles. The summed E-state index contributed by atoms with van der Waals surface area (Å²) >= 11 is 0. The Bertz CT molecular complexity index is 695. The molecule has 2 nitrogen and oxygen atoms in total. The minimum absolute atomic E-state index is 0.212. The van der Waals surface area contributed by atoms with Gasteiger partial charge in [-0.25, -0.2) is 0 Å². The molecular formula is C29H48O2. The summed E-state index contributed by atoms with van der Waals surface area (Å²) in [4.78, 5) is 11.5. The fraction of sp³-hybridized carbons (Fsp3) is 0.897. The Hall–Kier alpha value is -0.790. The van der Waals surface area contributed by atoms with Gasteiger partial charge in [0.25, 0.3) is 0 Å². The molecule has 0 saturated heterocycles. The van der Waals surface area contributed by atoms with E-state index < -0.39 is 5.97 Å². The number of carbonyl (C=O) groups is 1. The van der Waals surface area contributed by atoms with E-state index in [1.807, 2.05) is 12.5 Å². The van der Waals surface area contributed by atoms with Crippen molar-refractivity contribution in [2.45, 2.75) is 112 Å². The fourth-order valence-corrected chi connectivity index (χ4v) is 9.21. The largest absolute Gasteiger partial charge is 0.481 e. The van der Waals surface area contributed by atoms with Crippen LogP contribution in [0, 0.1) is 52.3 Å². The van der Waals surface area contributed by atoms with Crippen LogP contribution >= 0.6 is 0 Å². The quantitative estimate of drug-likeness (QED) is 0.416. The minimum Gasteiger partial charge on any atom is -0.481 e. The van der Waals surface area contributed by atoms with E-state index in [9.17, 15) is 9.90 Å². The third kappa shape index (κ3) is 3.93. The maximum atomic E-state index is 11.5. The van der Waals surface area contributed by atoms with E-state index in [0.29, 0.717) is 22.7 Å². The number of allylic oxidation sites excluding steroid dienone is 2. The van der Waals surface area contributed by atoms with E-state index in [4.69, 9.17) is 0 Å². The topological polar surface area (TPSA) is 37.3 Å². The van der Waals surface area contributed by atoms with Crippen molar-refractivity contribution in [1.29, 1.82) is 0 Å². The first kappa shape index (κ1) is 23.4. The maximum Gasteiger partial charge on any atom is 0.306 e. The number of carboxylic acids is 1. The second kappa shape index (κ2) is 8.86. The third-order valence-corrected chi connectivity index (χ3v) is 11.4. The zero-order chi connectivity index (χ0) is 22.4. The lowest BCUT2D eigenvalue weighted by Crippen LogP contribution is -2.48. The number of carboxylic acid groups (broad SMARTS) is 1. The van der Waals surface area contributed by atoms with E-state index >= 15 is 0 Å². The molecule has 3 saturated carbocycles. The predicted octanol–water partition coefficient (Wildman–Crippen LogP) is 8.12. The minimum atomic E-state index is -0.621. The maximum absolute atomic E-state index is 11.5. The van der Waals surface area contributed by atoms with Gasteiger partial charge in [0.15, 0.2) is 0 Å². The van der Waals surface area contributed by atoms with Crippen LogP contribution in [0.15, 0.2) is 11.6 Å². The Morgan fingerprint density at radius 3 is 2.48 bits per heavy atom. The molecule has 0 bridgehead atoms. The van der Waals surface area contributed by atoms with Crippen molar-refractivity contribution in [2.75, 3.05) is 0 Å². The summed E-state index contributed by atoms with van der Waals surface area (Å²) in [6.45, 7) is 11.8. The summed E-state index contributed by atoms with van der Waals surface area (Å²) in [7, 11) is 0. The first-order valence-electron chi connectivity index (χ1n) is 13.6. The first-order chi connectivity index (χ1) is 14.7. The molecule has 0 heterocycles. The monoisotopic (exact) mass is 428 g/mol. The molecule has 0 radical (unpaired) electrons. The van der Waals surface area contributed by atoms with Crippen molar-refractivity contribution >= 4 is 5.97 Å². The van der Waals surface area contributed by atoms with Crippen molar-refractivity contribution in [2.24, 2.45) is 52.3 Å². The van der Waals surface area contributed by atoms with Crippen LogP contribution < -0.4 is 0 Å². The lowest BCUT2D eigenvalue weighted by atomic mass is 9.48. The van der Waals surface area contributed by atoms with Crippen LogP contribution in [0.2, 0.25) is 0 Å². The van der Waals surface area contributed by atoms with Crippen LogP contribution in [0.3, 0.4) is 0 Å². The van der Waals surface area contributed by atoms with Gasteiger partial charge in [-0.05, 0) is 97.7 Å². The van der Waals surface area contributed by atoms with Gasteiger partial charge in [-0.2, -0.15) is 0 Å². The number of hydrogen-bond donors (Lipinski definition) is 1. The van der Waals surface area contributed by atoms with Gasteiger partial charge < -0.3 is 5.11 Å². The van der Waals surface area contributed by atoms with E-state index in [1.54, 1.807) is 0 Å². The van der Waals surface area contributed by atoms with Gasteiger partial charge in [0.2, 0.25) is 0 Å². The second-order valence-electron chi connectivity index (χ2n) is 12.6. The van der Waals surface area contributed by atoms with Crippen LogP contribution in [0.1, 0.15) is 112 Å². The molecule has 3 fully saturated rings. The molecule has 176 valence electrons. The first-order valence-corrected chi connectivity index (χ1v) is 13.6. The van der Waals surface area contributed by atoms with Crippen LogP contribution in [-0.2, 0) is 4.79 Å². The van der Waals surface area contributed by atoms with Gasteiger partial charge >= 0.3 is 5.97 Å². The highest BCUT2D eigenvalue weighted by Gasteiger charge is 2.57. The number of fused-ring (bicyclic) bond motifs is 5. The summed E-state index contributed by atoms with van der Waals surface area (Å²) in [6.07, 6.45) is 18.8. The zero-order valence-corrected chi connectivity index (χ0v) is 21.0. The normalized spacial score (nSPS) is 42.5. The van der Waals surface area contributed by atoms with E-state index in [0.717, 1.165) is 36.5 Å². The van der Waals surface area contributed by atoms with E-state index in [2.05, 4.69) is 33.8 Å². The van der Waals surface area contributed by atoms with E-state index in [-0.39, 0.29) is 5.92 Å². The van der Waals surface area contributed by atoms with Gasteiger partial charge in [-0.1, -0.05) is 72.0 Å². The van der Waals surface area contributed by atoms with Gasteiger partial charge in [0.05, 0.1) is 5.92 Å². The van der Waals surface area contributed by atoms with Crippen molar-refractivity contribution in [3.8, 4) is 0 Å². The number of hydrogen-bond acceptors (Lipinski definition) is 1. The number of rotatable bonds is 7. The average Bonchev–Trinajstić information content (AvgIpc) is 3.10. The molecule has 0 aliphatic heterocycles. The lowest BCUT2D eigenvalue weighted by Gasteiger charge is -2.57. The smallest absolute Gasteiger partial charge is 0.306 e. The van der Waals surface area contributed by atoms with Crippen molar-refractivity contribution in [3.63, 3.8) is 0 Å². The molecule has 9 atom stereocenters. The Kier molecular flexibility index (Phi) is 6.68. The van der Waals surface area contributed by atoms with Gasteiger partial charge in [0, 0.05) is 0 Å². The summed E-state index contributed by atoms with van der Waals surface area (Å²) < 4.78 is 0. The third-order valence-electron chi connectivity index (χ3n) is 11.4. The Morgan fingerprint density at radius 1 is 1.03 bits per heavy atom. The Morgan fingerprint density at radius 2 is 1.77 bits per heavy atom. The van der Waals surface area contributed by atoms with Crippen molar-refractivity contribution in [3.05, 3.63) is 11.6 Å². The molecule has 0 spiro atoms. The van der Waals surface area contributed by atoms with E-state index in [1.165, 1.54) is 64.2 Å². The summed E-state index contributed by atoms with van der Waals surface area (Å²) in [6, 6.07) is 0. The standard InChI is InChI=1S/C29H48O2/c1-6-21(20(3)27(30)31)11-10-19(2)24-14-15-25-23-13-12-22-9-7-8-17-28(22,4)26(23)16-18-29(24,25)5/h13,19-22,24-26H,6-12,14-18H2,1-5H3,(H,30,31)/t19-,20?,21?,22?,24-,25+,26+,28+,29-/m1/s1. The second-order valence-corrected chi connectivity index (χ2v) is 12.6. The summed E-state index contributed by atoms with van der Waals surface area (Å²) in [5.41, 5.74) is 2.93. The highest BCUT2D eigenvalue weighted by molar-refractivity contribution is 5.69. The van der Waals surface area contributed by atoms with Crippen LogP contribution in [0.25, 0.3) is 0 Å². The zero-order valence-electron chi connectivity index (χ0n) is 21.0. The molecule has 0 aromatic heterocycles. The molecule has 31 heavy (non-hydrogen) atoms. The predicted molar refractivity (Wildman–Crippen MR) is 129 cm³/mol. The molecule has 0 aromatic rings. The molecule has 0 amide bonds. The number of aliphatic carboxylic acids is 1. The molecule has 4 aliphatic carbocycles. The average molecular weight is 429 g/mol.